The van der Waals surface area contributed by atoms with Crippen molar-refractivity contribution in [2.75, 3.05) is 0 Å². The van der Waals surface area contributed by atoms with Crippen molar-refractivity contribution in [1.29, 1.82) is 0 Å². The molecule has 0 unspecified atom stereocenters. The third-order valence-electron chi connectivity index (χ3n) is 5.84. The third-order valence-corrected chi connectivity index (χ3v) is 8.00. The van der Waals surface area contributed by atoms with E-state index in [4.69, 9.17) is 11.6 Å². The van der Waals surface area contributed by atoms with Gasteiger partial charge in [0.2, 0.25) is 10.0 Å². The van der Waals surface area contributed by atoms with Crippen LogP contribution in [0, 0.1) is 0 Å². The number of nitrogens with zero attached hydrogens (tertiary/aromatic N) is 2. The lowest BCUT2D eigenvalue weighted by Gasteiger charge is -2.33. The van der Waals surface area contributed by atoms with Crippen molar-refractivity contribution in [3.63, 3.8) is 0 Å². The normalized spacial score (nSPS) is 15.5. The molecular weight excluding hydrogens is 416 g/mol. The van der Waals surface area contributed by atoms with E-state index in [9.17, 15) is 8.42 Å². The maximum absolute atomic E-state index is 13.6. The number of rotatable bonds is 7. The van der Waals surface area contributed by atoms with Crippen molar-refractivity contribution >= 4 is 21.6 Å². The van der Waals surface area contributed by atoms with Gasteiger partial charge in [0.1, 0.15) is 0 Å². The highest BCUT2D eigenvalue weighted by Crippen LogP contribution is 2.30. The highest BCUT2D eigenvalue weighted by atomic mass is 35.5. The Balaban J connectivity index is 1.64. The Morgan fingerprint density at radius 3 is 2.30 bits per heavy atom. The van der Waals surface area contributed by atoms with Crippen LogP contribution >= 0.6 is 11.6 Å². The predicted octanol–water partition coefficient (Wildman–Crippen LogP) is 5.71. The van der Waals surface area contributed by atoms with E-state index in [0.29, 0.717) is 16.5 Å². The van der Waals surface area contributed by atoms with Gasteiger partial charge in [-0.05, 0) is 54.8 Å². The van der Waals surface area contributed by atoms with Crippen molar-refractivity contribution in [3.8, 4) is 0 Å². The summed E-state index contributed by atoms with van der Waals surface area (Å²) in [6.45, 7) is 1.10. The van der Waals surface area contributed by atoms with Crippen LogP contribution in [0.15, 0.2) is 77.8 Å². The first-order valence-corrected chi connectivity index (χ1v) is 12.3. The Bertz CT molecular complexity index is 1060. The van der Waals surface area contributed by atoms with Crippen LogP contribution < -0.4 is 0 Å². The molecule has 0 N–H and O–H groups in total. The van der Waals surface area contributed by atoms with Gasteiger partial charge in [-0.2, -0.15) is 4.31 Å². The van der Waals surface area contributed by atoms with Gasteiger partial charge in [0.15, 0.2) is 0 Å². The second-order valence-electron chi connectivity index (χ2n) is 7.91. The summed E-state index contributed by atoms with van der Waals surface area (Å²) in [5.74, 6) is 0. The summed E-state index contributed by atoms with van der Waals surface area (Å²) in [5.41, 5.74) is 2.20. The monoisotopic (exact) mass is 442 g/mol. The molecule has 158 valence electrons. The Kier molecular flexibility index (Phi) is 6.61. The predicted molar refractivity (Wildman–Crippen MR) is 121 cm³/mol. The zero-order valence-corrected chi connectivity index (χ0v) is 18.5. The van der Waals surface area contributed by atoms with Gasteiger partial charge in [-0.3, -0.25) is 0 Å². The zero-order valence-electron chi connectivity index (χ0n) is 17.0. The summed E-state index contributed by atoms with van der Waals surface area (Å²) in [6.07, 6.45) is 7.16. The van der Waals surface area contributed by atoms with Crippen LogP contribution in [0.1, 0.15) is 43.4 Å². The molecule has 1 fully saturated rings. The van der Waals surface area contributed by atoms with Gasteiger partial charge in [0.05, 0.1) is 11.4 Å². The maximum Gasteiger partial charge on any atom is 0.243 e. The largest absolute Gasteiger partial charge is 0.346 e. The molecule has 4 rings (SSSR count). The Morgan fingerprint density at radius 1 is 0.900 bits per heavy atom. The van der Waals surface area contributed by atoms with Crippen molar-refractivity contribution in [3.05, 3.63) is 89.2 Å². The van der Waals surface area contributed by atoms with Crippen LogP contribution in [-0.2, 0) is 23.1 Å². The van der Waals surface area contributed by atoms with E-state index in [1.807, 2.05) is 36.5 Å². The summed E-state index contributed by atoms with van der Waals surface area (Å²) in [4.78, 5) is 0.304. The lowest BCUT2D eigenvalue weighted by molar-refractivity contribution is 0.244. The average Bonchev–Trinajstić information content (AvgIpc) is 3.20. The molecule has 1 heterocycles. The first-order chi connectivity index (χ1) is 14.5. The van der Waals surface area contributed by atoms with Gasteiger partial charge in [-0.1, -0.05) is 61.2 Å². The Morgan fingerprint density at radius 2 is 1.60 bits per heavy atom. The molecule has 1 aliphatic rings. The quantitative estimate of drug-likeness (QED) is 0.470. The lowest BCUT2D eigenvalue weighted by atomic mass is 9.95. The minimum Gasteiger partial charge on any atom is -0.346 e. The molecule has 1 saturated carbocycles. The number of benzene rings is 2. The fraction of sp³-hybridized carbons (Fsp3) is 0.333. The van der Waals surface area contributed by atoms with Crippen LogP contribution in [-0.4, -0.2) is 23.3 Å². The molecule has 0 radical (unpaired) electrons. The van der Waals surface area contributed by atoms with Gasteiger partial charge in [0.25, 0.3) is 0 Å². The minimum absolute atomic E-state index is 0.0273. The molecule has 6 heteroatoms. The molecule has 0 spiro atoms. The molecule has 30 heavy (non-hydrogen) atoms. The molecule has 1 aliphatic carbocycles. The number of aromatic nitrogens is 1. The van der Waals surface area contributed by atoms with E-state index in [1.165, 1.54) is 12.0 Å². The van der Waals surface area contributed by atoms with Crippen LogP contribution in [0.3, 0.4) is 0 Å². The molecule has 0 bridgehead atoms. The van der Waals surface area contributed by atoms with Gasteiger partial charge >= 0.3 is 0 Å². The van der Waals surface area contributed by atoms with Crippen LogP contribution in [0.2, 0.25) is 5.02 Å². The first kappa shape index (κ1) is 21.2. The summed E-state index contributed by atoms with van der Waals surface area (Å²) in [6, 6.07) is 20.8. The molecule has 4 nitrogen and oxygen atoms in total. The third kappa shape index (κ3) is 4.80. The molecule has 1 aromatic heterocycles. The molecular formula is C24H27ClN2O2S. The van der Waals surface area contributed by atoms with Crippen molar-refractivity contribution in [2.45, 2.75) is 56.1 Å². The summed E-state index contributed by atoms with van der Waals surface area (Å²) < 4.78 is 31.1. The number of sulfonamides is 1. The maximum atomic E-state index is 13.6. The Labute approximate surface area is 184 Å². The van der Waals surface area contributed by atoms with E-state index in [1.54, 1.807) is 28.6 Å². The van der Waals surface area contributed by atoms with E-state index in [-0.39, 0.29) is 6.04 Å². The topological polar surface area (TPSA) is 42.3 Å². The van der Waals surface area contributed by atoms with Crippen LogP contribution in [0.25, 0.3) is 0 Å². The fourth-order valence-electron chi connectivity index (χ4n) is 4.21. The van der Waals surface area contributed by atoms with E-state index in [2.05, 4.69) is 16.7 Å². The summed E-state index contributed by atoms with van der Waals surface area (Å²) in [7, 11) is -3.62. The van der Waals surface area contributed by atoms with Gasteiger partial charge < -0.3 is 4.57 Å². The first-order valence-electron chi connectivity index (χ1n) is 10.5. The molecule has 3 aromatic rings. The van der Waals surface area contributed by atoms with E-state index >= 15 is 0 Å². The lowest BCUT2D eigenvalue weighted by Crippen LogP contribution is -2.41. The van der Waals surface area contributed by atoms with Crippen molar-refractivity contribution in [2.24, 2.45) is 0 Å². The zero-order chi connectivity index (χ0) is 21.0. The highest BCUT2D eigenvalue weighted by Gasteiger charge is 2.33. The average molecular weight is 443 g/mol. The second kappa shape index (κ2) is 9.38. The molecule has 0 saturated heterocycles. The molecule has 0 aliphatic heterocycles. The summed E-state index contributed by atoms with van der Waals surface area (Å²) in [5, 5.41) is 0.537. The smallest absolute Gasteiger partial charge is 0.243 e. The molecule has 0 atom stereocenters. The fourth-order valence-corrected chi connectivity index (χ4v) is 5.99. The van der Waals surface area contributed by atoms with Crippen LogP contribution in [0.5, 0.6) is 0 Å². The van der Waals surface area contributed by atoms with Gasteiger partial charge in [-0.25, -0.2) is 8.42 Å². The van der Waals surface area contributed by atoms with Crippen molar-refractivity contribution in [1.82, 2.24) is 8.87 Å². The number of hydrogen-bond acceptors (Lipinski definition) is 2. The number of hydrogen-bond donors (Lipinski definition) is 0. The van der Waals surface area contributed by atoms with E-state index < -0.39 is 10.0 Å². The highest BCUT2D eigenvalue weighted by molar-refractivity contribution is 7.89. The van der Waals surface area contributed by atoms with E-state index in [0.717, 1.165) is 37.9 Å². The second-order valence-corrected chi connectivity index (χ2v) is 10.2. The van der Waals surface area contributed by atoms with Crippen LogP contribution in [0.4, 0.5) is 0 Å². The SMILES string of the molecule is O=S(=O)(c1ccc(Cl)cc1)N(Cc1cccn1Cc1ccccc1)C1CCCCC1. The van der Waals surface area contributed by atoms with Gasteiger partial charge in [-0.15, -0.1) is 0 Å². The minimum atomic E-state index is -3.62. The standard InChI is InChI=1S/C24H27ClN2O2S/c25-21-13-15-24(16-14-21)30(28,29)27(22-10-5-2-6-11-22)19-23-12-7-17-26(23)18-20-8-3-1-4-9-20/h1,3-4,7-9,12-17,22H,2,5-6,10-11,18-19H2. The van der Waals surface area contributed by atoms with Gasteiger partial charge in [0, 0.05) is 29.5 Å². The molecule has 0 amide bonds. The Hall–Kier alpha value is -2.08. The van der Waals surface area contributed by atoms with Crippen molar-refractivity contribution < 1.29 is 8.42 Å². The number of halogens is 1. The molecule has 2 aromatic carbocycles. The summed E-state index contributed by atoms with van der Waals surface area (Å²) >= 11 is 5.99.